The maximum atomic E-state index is 11.9. The monoisotopic (exact) mass is 348 g/mol. The van der Waals surface area contributed by atoms with Crippen molar-refractivity contribution >= 4 is 51.9 Å². The SMILES string of the molecule is C[C@H](NC(=O)N[C@@H](C)c1ccc(Cl)s1)c1ccc(Cl)s1. The molecule has 20 heavy (non-hydrogen) atoms. The van der Waals surface area contributed by atoms with Crippen LogP contribution in [0.5, 0.6) is 0 Å². The maximum Gasteiger partial charge on any atom is 0.315 e. The first-order valence-electron chi connectivity index (χ1n) is 6.03. The van der Waals surface area contributed by atoms with Gasteiger partial charge in [0.1, 0.15) is 0 Å². The van der Waals surface area contributed by atoms with Crippen molar-refractivity contribution in [1.29, 1.82) is 0 Å². The average Bonchev–Trinajstić information content (AvgIpc) is 2.97. The van der Waals surface area contributed by atoms with Crippen molar-refractivity contribution in [2.75, 3.05) is 0 Å². The zero-order valence-corrected chi connectivity index (χ0v) is 14.1. The summed E-state index contributed by atoms with van der Waals surface area (Å²) in [5.41, 5.74) is 0. The molecule has 0 spiro atoms. The van der Waals surface area contributed by atoms with Crippen molar-refractivity contribution in [3.05, 3.63) is 42.7 Å². The second-order valence-electron chi connectivity index (χ2n) is 4.34. The lowest BCUT2D eigenvalue weighted by Crippen LogP contribution is -2.38. The number of urea groups is 1. The van der Waals surface area contributed by atoms with E-state index in [1.807, 2.05) is 38.1 Å². The number of amides is 2. The third-order valence-electron chi connectivity index (χ3n) is 2.74. The molecule has 2 rings (SSSR count). The molecule has 0 fully saturated rings. The number of carbonyl (C=O) groups excluding carboxylic acids is 1. The molecule has 0 unspecified atom stereocenters. The van der Waals surface area contributed by atoms with Crippen LogP contribution >= 0.6 is 45.9 Å². The van der Waals surface area contributed by atoms with Crippen LogP contribution in [-0.4, -0.2) is 6.03 Å². The van der Waals surface area contributed by atoms with E-state index in [-0.39, 0.29) is 18.1 Å². The van der Waals surface area contributed by atoms with Crippen molar-refractivity contribution in [2.45, 2.75) is 25.9 Å². The van der Waals surface area contributed by atoms with Crippen LogP contribution in [0.2, 0.25) is 8.67 Å². The van der Waals surface area contributed by atoms with Gasteiger partial charge in [0, 0.05) is 9.75 Å². The van der Waals surface area contributed by atoms with Gasteiger partial charge in [-0.1, -0.05) is 23.2 Å². The largest absolute Gasteiger partial charge is 0.331 e. The molecule has 0 radical (unpaired) electrons. The highest BCUT2D eigenvalue weighted by molar-refractivity contribution is 7.16. The maximum absolute atomic E-state index is 11.9. The molecule has 108 valence electrons. The molecular formula is C13H14Cl2N2OS2. The van der Waals surface area contributed by atoms with Crippen LogP contribution in [0.3, 0.4) is 0 Å². The fraction of sp³-hybridized carbons (Fsp3) is 0.308. The van der Waals surface area contributed by atoms with Gasteiger partial charge < -0.3 is 10.6 Å². The number of thiophene rings is 2. The smallest absolute Gasteiger partial charge is 0.315 e. The van der Waals surface area contributed by atoms with Gasteiger partial charge in [-0.25, -0.2) is 4.79 Å². The van der Waals surface area contributed by atoms with E-state index in [4.69, 9.17) is 23.2 Å². The molecular weight excluding hydrogens is 335 g/mol. The second-order valence-corrected chi connectivity index (χ2v) is 7.84. The van der Waals surface area contributed by atoms with Crippen molar-refractivity contribution < 1.29 is 4.79 Å². The molecule has 2 amide bonds. The molecule has 0 aliphatic rings. The number of hydrogen-bond donors (Lipinski definition) is 2. The van der Waals surface area contributed by atoms with Gasteiger partial charge in [-0.05, 0) is 38.1 Å². The van der Waals surface area contributed by atoms with Crippen LogP contribution in [0.1, 0.15) is 35.7 Å². The summed E-state index contributed by atoms with van der Waals surface area (Å²) in [4.78, 5) is 14.0. The molecule has 0 saturated carbocycles. The van der Waals surface area contributed by atoms with Gasteiger partial charge in [0.15, 0.2) is 0 Å². The Morgan fingerprint density at radius 2 is 1.35 bits per heavy atom. The summed E-state index contributed by atoms with van der Waals surface area (Å²) >= 11 is 14.7. The van der Waals surface area contributed by atoms with E-state index in [0.717, 1.165) is 18.4 Å². The highest BCUT2D eigenvalue weighted by Crippen LogP contribution is 2.28. The predicted octanol–water partition coefficient (Wildman–Crippen LogP) is 5.24. The first-order chi connectivity index (χ1) is 9.45. The van der Waals surface area contributed by atoms with Crippen LogP contribution in [0, 0.1) is 0 Å². The average molecular weight is 349 g/mol. The Kier molecular flexibility index (Phi) is 5.32. The standard InChI is InChI=1S/C13H14Cl2N2OS2/c1-7(9-3-5-11(14)19-9)16-13(18)17-8(2)10-4-6-12(15)20-10/h3-8H,1-2H3,(H2,16,17,18)/t7-,8-/m0/s1. The summed E-state index contributed by atoms with van der Waals surface area (Å²) < 4.78 is 1.44. The van der Waals surface area contributed by atoms with Gasteiger partial charge in [-0.3, -0.25) is 0 Å². The van der Waals surface area contributed by atoms with Crippen LogP contribution in [0.15, 0.2) is 24.3 Å². The fourth-order valence-corrected chi connectivity index (χ4v) is 3.83. The van der Waals surface area contributed by atoms with Gasteiger partial charge in [0.05, 0.1) is 20.8 Å². The molecule has 0 saturated heterocycles. The van der Waals surface area contributed by atoms with E-state index >= 15 is 0 Å². The van der Waals surface area contributed by atoms with E-state index in [1.54, 1.807) is 0 Å². The molecule has 0 bridgehead atoms. The molecule has 2 heterocycles. The summed E-state index contributed by atoms with van der Waals surface area (Å²) in [7, 11) is 0. The second kappa shape index (κ2) is 6.80. The van der Waals surface area contributed by atoms with Crippen LogP contribution in [0.4, 0.5) is 4.79 Å². The minimum absolute atomic E-state index is 0.0772. The Hall–Kier alpha value is -0.750. The van der Waals surface area contributed by atoms with E-state index in [0.29, 0.717) is 0 Å². The topological polar surface area (TPSA) is 41.1 Å². The Morgan fingerprint density at radius 1 is 0.950 bits per heavy atom. The Morgan fingerprint density at radius 3 is 1.65 bits per heavy atom. The van der Waals surface area contributed by atoms with Gasteiger partial charge in [0.25, 0.3) is 0 Å². The lowest BCUT2D eigenvalue weighted by Gasteiger charge is -2.16. The minimum atomic E-state index is -0.209. The quantitative estimate of drug-likeness (QED) is 0.779. The summed E-state index contributed by atoms with van der Waals surface area (Å²) in [6.45, 7) is 3.85. The van der Waals surface area contributed by atoms with Crippen molar-refractivity contribution in [3.8, 4) is 0 Å². The van der Waals surface area contributed by atoms with Crippen LogP contribution in [-0.2, 0) is 0 Å². The Bertz CT molecular complexity index is 546. The lowest BCUT2D eigenvalue weighted by atomic mass is 10.2. The number of nitrogens with one attached hydrogen (secondary N) is 2. The van der Waals surface area contributed by atoms with E-state index in [9.17, 15) is 4.79 Å². The molecule has 2 atom stereocenters. The Labute approximate surface area is 135 Å². The van der Waals surface area contributed by atoms with E-state index in [1.165, 1.54) is 22.7 Å². The highest BCUT2D eigenvalue weighted by Gasteiger charge is 2.15. The van der Waals surface area contributed by atoms with Crippen LogP contribution in [0.25, 0.3) is 0 Å². The predicted molar refractivity (Wildman–Crippen MR) is 87.2 cm³/mol. The molecule has 3 nitrogen and oxygen atoms in total. The molecule has 0 aromatic carbocycles. The van der Waals surface area contributed by atoms with Gasteiger partial charge in [0.2, 0.25) is 0 Å². The molecule has 2 aromatic rings. The van der Waals surface area contributed by atoms with Gasteiger partial charge in [-0.2, -0.15) is 0 Å². The van der Waals surface area contributed by atoms with E-state index < -0.39 is 0 Å². The zero-order valence-electron chi connectivity index (χ0n) is 10.9. The highest BCUT2D eigenvalue weighted by atomic mass is 35.5. The van der Waals surface area contributed by atoms with E-state index in [2.05, 4.69) is 10.6 Å². The summed E-state index contributed by atoms with van der Waals surface area (Å²) in [5, 5.41) is 5.78. The van der Waals surface area contributed by atoms with Crippen molar-refractivity contribution in [1.82, 2.24) is 10.6 Å². The van der Waals surface area contributed by atoms with Crippen molar-refractivity contribution in [2.24, 2.45) is 0 Å². The molecule has 7 heteroatoms. The normalized spacial score (nSPS) is 13.8. The van der Waals surface area contributed by atoms with Gasteiger partial charge >= 0.3 is 6.03 Å². The summed E-state index contributed by atoms with van der Waals surface area (Å²) in [6.07, 6.45) is 0. The molecule has 0 aliphatic heterocycles. The first-order valence-corrected chi connectivity index (χ1v) is 8.42. The molecule has 2 N–H and O–H groups in total. The third kappa shape index (κ3) is 4.12. The Balaban J connectivity index is 1.89. The lowest BCUT2D eigenvalue weighted by molar-refractivity contribution is 0.235. The number of halogens is 2. The number of carbonyl (C=O) groups is 1. The van der Waals surface area contributed by atoms with Gasteiger partial charge in [-0.15, -0.1) is 22.7 Å². The van der Waals surface area contributed by atoms with Crippen LogP contribution < -0.4 is 10.6 Å². The fourth-order valence-electron chi connectivity index (χ4n) is 1.70. The van der Waals surface area contributed by atoms with Crippen molar-refractivity contribution in [3.63, 3.8) is 0 Å². The number of rotatable bonds is 4. The number of hydrogen-bond acceptors (Lipinski definition) is 3. The minimum Gasteiger partial charge on any atom is -0.331 e. The molecule has 2 aromatic heterocycles. The first kappa shape index (κ1) is 15.6. The summed E-state index contributed by atoms with van der Waals surface area (Å²) in [6, 6.07) is 7.13. The zero-order chi connectivity index (χ0) is 14.7. The summed E-state index contributed by atoms with van der Waals surface area (Å²) in [5.74, 6) is 0. The third-order valence-corrected chi connectivity index (χ3v) is 5.56. The molecule has 0 aliphatic carbocycles.